The fourth-order valence-corrected chi connectivity index (χ4v) is 4.20. The highest BCUT2D eigenvalue weighted by molar-refractivity contribution is 5.85. The lowest BCUT2D eigenvalue weighted by Crippen LogP contribution is -2.18. The van der Waals surface area contributed by atoms with Gasteiger partial charge in [0.1, 0.15) is 6.61 Å². The number of methoxy groups -OCH3 is 1. The number of aromatic nitrogens is 3. The van der Waals surface area contributed by atoms with Crippen molar-refractivity contribution in [1.82, 2.24) is 20.1 Å². The van der Waals surface area contributed by atoms with Gasteiger partial charge in [-0.2, -0.15) is 5.10 Å². The smallest absolute Gasteiger partial charge is 0.181 e. The van der Waals surface area contributed by atoms with Crippen LogP contribution >= 0.6 is 12.4 Å². The predicted molar refractivity (Wildman–Crippen MR) is 136 cm³/mol. The molecule has 1 fully saturated rings. The lowest BCUT2D eigenvalue weighted by Gasteiger charge is -2.14. The highest BCUT2D eigenvalue weighted by Crippen LogP contribution is 2.32. The fourth-order valence-electron chi connectivity index (χ4n) is 4.20. The second-order valence-electron chi connectivity index (χ2n) is 8.33. The molecule has 0 atom stereocenters. The Morgan fingerprint density at radius 1 is 0.853 bits per heavy atom. The first kappa shape index (κ1) is 23.8. The minimum Gasteiger partial charge on any atom is -0.493 e. The van der Waals surface area contributed by atoms with Crippen molar-refractivity contribution in [2.75, 3.05) is 20.2 Å². The SMILES string of the molecule is COc1ccc(-c2nc(-c3cccc(CN4CCCC4)c3)n[nH]2)cc1OCc1ccccc1.Cl. The standard InChI is InChI=1S/C27H28N4O2.ClH/c1-32-24-13-12-23(17-25(24)33-19-20-8-3-2-4-9-20)27-28-26(29-30-27)22-11-7-10-21(16-22)18-31-14-5-6-15-31;/h2-4,7-13,16-17H,5-6,14-15,18-19H2,1H3,(H,28,29,30);1H. The fraction of sp³-hybridized carbons (Fsp3) is 0.259. The number of H-pyrrole nitrogens is 1. The summed E-state index contributed by atoms with van der Waals surface area (Å²) in [4.78, 5) is 7.26. The third-order valence-corrected chi connectivity index (χ3v) is 5.95. The molecule has 7 heteroatoms. The van der Waals surface area contributed by atoms with E-state index < -0.39 is 0 Å². The summed E-state index contributed by atoms with van der Waals surface area (Å²) in [5.74, 6) is 2.74. The molecule has 0 saturated carbocycles. The lowest BCUT2D eigenvalue weighted by atomic mass is 10.1. The molecular formula is C27H29ClN4O2. The Labute approximate surface area is 206 Å². The Kier molecular flexibility index (Phi) is 7.83. The summed E-state index contributed by atoms with van der Waals surface area (Å²) < 4.78 is 11.5. The van der Waals surface area contributed by atoms with Crippen molar-refractivity contribution >= 4 is 12.4 Å². The van der Waals surface area contributed by atoms with Crippen LogP contribution < -0.4 is 9.47 Å². The number of hydrogen-bond donors (Lipinski definition) is 1. The number of rotatable bonds is 8. The summed E-state index contributed by atoms with van der Waals surface area (Å²) in [7, 11) is 1.64. The summed E-state index contributed by atoms with van der Waals surface area (Å²) in [5.41, 5.74) is 4.30. The molecule has 0 radical (unpaired) electrons. The normalized spacial score (nSPS) is 13.4. The molecule has 34 heavy (non-hydrogen) atoms. The maximum atomic E-state index is 6.05. The number of hydrogen-bond acceptors (Lipinski definition) is 5. The van der Waals surface area contributed by atoms with Crippen molar-refractivity contribution in [3.63, 3.8) is 0 Å². The topological polar surface area (TPSA) is 63.3 Å². The first-order valence-corrected chi connectivity index (χ1v) is 11.4. The minimum absolute atomic E-state index is 0. The van der Waals surface area contributed by atoms with Crippen molar-refractivity contribution in [1.29, 1.82) is 0 Å². The van der Waals surface area contributed by atoms with Crippen molar-refractivity contribution in [3.05, 3.63) is 83.9 Å². The Balaban J connectivity index is 0.00000274. The van der Waals surface area contributed by atoms with E-state index in [0.717, 1.165) is 23.2 Å². The maximum Gasteiger partial charge on any atom is 0.181 e. The van der Waals surface area contributed by atoms with E-state index in [4.69, 9.17) is 14.5 Å². The van der Waals surface area contributed by atoms with Crippen LogP contribution in [0.4, 0.5) is 0 Å². The summed E-state index contributed by atoms with van der Waals surface area (Å²) in [6, 6.07) is 24.4. The van der Waals surface area contributed by atoms with Crippen LogP contribution in [-0.2, 0) is 13.2 Å². The van der Waals surface area contributed by atoms with E-state index in [-0.39, 0.29) is 12.4 Å². The van der Waals surface area contributed by atoms with E-state index in [9.17, 15) is 0 Å². The predicted octanol–water partition coefficient (Wildman–Crippen LogP) is 5.74. The molecule has 1 aliphatic heterocycles. The third kappa shape index (κ3) is 5.58. The summed E-state index contributed by atoms with van der Waals surface area (Å²) >= 11 is 0. The number of likely N-dealkylation sites (tertiary alicyclic amines) is 1. The molecule has 1 saturated heterocycles. The lowest BCUT2D eigenvalue weighted by molar-refractivity contribution is 0.284. The van der Waals surface area contributed by atoms with E-state index in [1.54, 1.807) is 7.11 Å². The number of aromatic amines is 1. The molecule has 1 N–H and O–H groups in total. The van der Waals surface area contributed by atoms with Crippen LogP contribution in [0, 0.1) is 0 Å². The third-order valence-electron chi connectivity index (χ3n) is 5.95. The molecule has 176 valence electrons. The van der Waals surface area contributed by atoms with Crippen LogP contribution in [0.25, 0.3) is 22.8 Å². The van der Waals surface area contributed by atoms with Crippen LogP contribution in [0.2, 0.25) is 0 Å². The van der Waals surface area contributed by atoms with Crippen molar-refractivity contribution in [3.8, 4) is 34.3 Å². The number of benzene rings is 3. The van der Waals surface area contributed by atoms with Crippen molar-refractivity contribution in [2.45, 2.75) is 26.0 Å². The number of ether oxygens (including phenoxy) is 2. The largest absolute Gasteiger partial charge is 0.493 e. The van der Waals surface area contributed by atoms with Crippen LogP contribution in [0.5, 0.6) is 11.5 Å². The molecular weight excluding hydrogens is 448 g/mol. The summed E-state index contributed by atoms with van der Waals surface area (Å²) in [6.45, 7) is 3.81. The van der Waals surface area contributed by atoms with E-state index >= 15 is 0 Å². The highest BCUT2D eigenvalue weighted by Gasteiger charge is 2.14. The molecule has 1 aromatic heterocycles. The molecule has 0 amide bonds. The first-order valence-electron chi connectivity index (χ1n) is 11.4. The van der Waals surface area contributed by atoms with Gasteiger partial charge in [-0.15, -0.1) is 12.4 Å². The van der Waals surface area contributed by atoms with Gasteiger partial charge >= 0.3 is 0 Å². The van der Waals surface area contributed by atoms with Gasteiger partial charge in [-0.3, -0.25) is 10.00 Å². The molecule has 2 heterocycles. The second kappa shape index (κ2) is 11.2. The Hall–Kier alpha value is -3.35. The Bertz CT molecular complexity index is 1210. The Morgan fingerprint density at radius 2 is 1.65 bits per heavy atom. The van der Waals surface area contributed by atoms with Crippen LogP contribution in [-0.4, -0.2) is 40.3 Å². The van der Waals surface area contributed by atoms with Crippen molar-refractivity contribution in [2.24, 2.45) is 0 Å². The number of nitrogens with zero attached hydrogens (tertiary/aromatic N) is 3. The van der Waals surface area contributed by atoms with Gasteiger partial charge in [-0.25, -0.2) is 4.98 Å². The number of nitrogens with one attached hydrogen (secondary N) is 1. The molecule has 0 unspecified atom stereocenters. The van der Waals surface area contributed by atoms with Gasteiger partial charge < -0.3 is 9.47 Å². The zero-order valence-corrected chi connectivity index (χ0v) is 20.1. The average Bonchev–Trinajstić information content (AvgIpc) is 3.56. The van der Waals surface area contributed by atoms with Crippen LogP contribution in [0.15, 0.2) is 72.8 Å². The van der Waals surface area contributed by atoms with Gasteiger partial charge in [0.2, 0.25) is 0 Å². The van der Waals surface area contributed by atoms with Gasteiger partial charge in [-0.1, -0.05) is 48.5 Å². The second-order valence-corrected chi connectivity index (χ2v) is 8.33. The van der Waals surface area contributed by atoms with Crippen molar-refractivity contribution < 1.29 is 9.47 Å². The van der Waals surface area contributed by atoms with Gasteiger partial charge in [0.05, 0.1) is 7.11 Å². The monoisotopic (exact) mass is 476 g/mol. The highest BCUT2D eigenvalue weighted by atomic mass is 35.5. The molecule has 4 aromatic rings. The van der Waals surface area contributed by atoms with Gasteiger partial charge in [0, 0.05) is 17.7 Å². The molecule has 0 spiro atoms. The Morgan fingerprint density at radius 3 is 2.44 bits per heavy atom. The van der Waals surface area contributed by atoms with Gasteiger partial charge in [-0.05, 0) is 61.3 Å². The molecule has 0 aliphatic carbocycles. The van der Waals surface area contributed by atoms with E-state index in [2.05, 4.69) is 39.4 Å². The minimum atomic E-state index is 0. The zero-order valence-electron chi connectivity index (χ0n) is 19.2. The quantitative estimate of drug-likeness (QED) is 0.351. The number of halogens is 1. The van der Waals surface area contributed by atoms with E-state index in [1.807, 2.05) is 48.5 Å². The maximum absolute atomic E-state index is 6.05. The summed E-state index contributed by atoms with van der Waals surface area (Å²) in [6.07, 6.45) is 2.59. The molecule has 5 rings (SSSR count). The molecule has 6 nitrogen and oxygen atoms in total. The zero-order chi connectivity index (χ0) is 22.5. The van der Waals surface area contributed by atoms with E-state index in [0.29, 0.717) is 29.8 Å². The van der Waals surface area contributed by atoms with Crippen LogP contribution in [0.3, 0.4) is 0 Å². The summed E-state index contributed by atoms with van der Waals surface area (Å²) in [5, 5.41) is 7.56. The molecule has 0 bridgehead atoms. The average molecular weight is 477 g/mol. The van der Waals surface area contributed by atoms with Gasteiger partial charge in [0.15, 0.2) is 23.1 Å². The molecule has 3 aromatic carbocycles. The van der Waals surface area contributed by atoms with Gasteiger partial charge in [0.25, 0.3) is 0 Å². The van der Waals surface area contributed by atoms with E-state index in [1.165, 1.54) is 31.5 Å². The van der Waals surface area contributed by atoms with Crippen LogP contribution in [0.1, 0.15) is 24.0 Å². The first-order chi connectivity index (χ1) is 16.3. The molecule has 1 aliphatic rings.